The second-order valence-electron chi connectivity index (χ2n) is 8.06. The standard InChI is InChI=1S/C22H20F2N8O2S/c1-34-18-8-26-17(7-27-18)19(33)30-14-2-3-16(24)15(4-14)22-11-32(21-28-5-13(23)6-29-21)9-12(22)10-35-20(25)31-22/h2-8,12H,9-11H2,1H3,(H2,25,31)(H,30,33). The largest absolute Gasteiger partial charge is 0.480 e. The van der Waals surface area contributed by atoms with Crippen molar-refractivity contribution < 1.29 is 18.3 Å². The number of halogens is 2. The number of ether oxygens (including phenoxy) is 1. The lowest BCUT2D eigenvalue weighted by Crippen LogP contribution is -2.40. The number of anilines is 2. The van der Waals surface area contributed by atoms with Gasteiger partial charge in [-0.05, 0) is 18.2 Å². The summed E-state index contributed by atoms with van der Waals surface area (Å²) in [4.78, 5) is 35.3. The predicted octanol–water partition coefficient (Wildman–Crippen LogP) is 2.20. The monoisotopic (exact) mass is 498 g/mol. The van der Waals surface area contributed by atoms with E-state index in [0.29, 0.717) is 29.1 Å². The highest BCUT2D eigenvalue weighted by Gasteiger charge is 2.52. The van der Waals surface area contributed by atoms with Crippen molar-refractivity contribution in [3.8, 4) is 5.88 Å². The number of methoxy groups -OCH3 is 1. The van der Waals surface area contributed by atoms with E-state index in [0.717, 1.165) is 12.4 Å². The molecule has 0 saturated carbocycles. The van der Waals surface area contributed by atoms with Crippen molar-refractivity contribution in [1.29, 1.82) is 0 Å². The van der Waals surface area contributed by atoms with Crippen LogP contribution in [0.5, 0.6) is 5.88 Å². The maximum absolute atomic E-state index is 15.3. The van der Waals surface area contributed by atoms with E-state index < -0.39 is 23.1 Å². The number of hydrogen-bond acceptors (Lipinski definition) is 10. The van der Waals surface area contributed by atoms with Crippen LogP contribution in [0.25, 0.3) is 0 Å². The zero-order chi connectivity index (χ0) is 24.6. The molecule has 1 fully saturated rings. The number of amides is 1. The fraction of sp³-hybridized carbons (Fsp3) is 0.273. The lowest BCUT2D eigenvalue weighted by molar-refractivity contribution is 0.102. The highest BCUT2D eigenvalue weighted by Crippen LogP contribution is 2.47. The highest BCUT2D eigenvalue weighted by molar-refractivity contribution is 8.13. The first kappa shape index (κ1) is 22.9. The number of fused-ring (bicyclic) bond motifs is 1. The van der Waals surface area contributed by atoms with Crippen molar-refractivity contribution in [2.45, 2.75) is 5.54 Å². The molecule has 0 aliphatic carbocycles. The number of amidine groups is 1. The van der Waals surface area contributed by atoms with Crippen molar-refractivity contribution >= 4 is 34.5 Å². The van der Waals surface area contributed by atoms with E-state index in [4.69, 9.17) is 15.5 Å². The zero-order valence-corrected chi connectivity index (χ0v) is 19.3. The first-order chi connectivity index (χ1) is 16.9. The minimum absolute atomic E-state index is 0.0737. The summed E-state index contributed by atoms with van der Waals surface area (Å²) in [5.41, 5.74) is 5.77. The molecule has 3 N–H and O–H groups in total. The van der Waals surface area contributed by atoms with E-state index in [2.05, 4.69) is 25.3 Å². The third-order valence-corrected chi connectivity index (χ3v) is 6.90. The van der Waals surface area contributed by atoms with Crippen LogP contribution in [-0.4, -0.2) is 57.0 Å². The Kier molecular flexibility index (Phi) is 5.93. The minimum atomic E-state index is -1.03. The summed E-state index contributed by atoms with van der Waals surface area (Å²) in [6, 6.07) is 4.29. The summed E-state index contributed by atoms with van der Waals surface area (Å²) >= 11 is 1.39. The molecule has 2 atom stereocenters. The average molecular weight is 499 g/mol. The fourth-order valence-corrected chi connectivity index (χ4v) is 5.27. The van der Waals surface area contributed by atoms with Crippen LogP contribution >= 0.6 is 11.8 Å². The van der Waals surface area contributed by atoms with E-state index >= 15 is 4.39 Å². The minimum Gasteiger partial charge on any atom is -0.480 e. The van der Waals surface area contributed by atoms with Crippen LogP contribution in [0.4, 0.5) is 20.4 Å². The Morgan fingerprint density at radius 3 is 2.71 bits per heavy atom. The Balaban J connectivity index is 1.48. The summed E-state index contributed by atoms with van der Waals surface area (Å²) < 4.78 is 33.6. The van der Waals surface area contributed by atoms with Gasteiger partial charge in [-0.15, -0.1) is 0 Å². The molecule has 2 aliphatic heterocycles. The second kappa shape index (κ2) is 9.06. The van der Waals surface area contributed by atoms with Gasteiger partial charge >= 0.3 is 0 Å². The van der Waals surface area contributed by atoms with Crippen molar-refractivity contribution in [2.75, 3.05) is 36.2 Å². The lowest BCUT2D eigenvalue weighted by Gasteiger charge is -2.35. The normalized spacial score (nSPS) is 21.3. The molecule has 180 valence electrons. The molecular weight excluding hydrogens is 478 g/mol. The van der Waals surface area contributed by atoms with Crippen LogP contribution in [0.15, 0.2) is 48.0 Å². The fourth-order valence-electron chi connectivity index (χ4n) is 4.29. The van der Waals surface area contributed by atoms with Gasteiger partial charge in [0.15, 0.2) is 11.0 Å². The molecule has 2 aliphatic rings. The molecule has 2 unspecified atom stereocenters. The number of hydrogen-bond donors (Lipinski definition) is 2. The molecular formula is C22H20F2N8O2S. The lowest BCUT2D eigenvalue weighted by atomic mass is 9.81. The van der Waals surface area contributed by atoms with Crippen LogP contribution in [0, 0.1) is 17.6 Å². The number of carbonyl (C=O) groups excluding carboxylic acids is 1. The zero-order valence-electron chi connectivity index (χ0n) is 18.5. The predicted molar refractivity (Wildman–Crippen MR) is 126 cm³/mol. The first-order valence-corrected chi connectivity index (χ1v) is 11.5. The Labute approximate surface area is 203 Å². The van der Waals surface area contributed by atoms with Gasteiger partial charge in [0.25, 0.3) is 5.91 Å². The summed E-state index contributed by atoms with van der Waals surface area (Å²) in [5.74, 6) is -0.469. The van der Waals surface area contributed by atoms with Crippen molar-refractivity contribution in [1.82, 2.24) is 19.9 Å². The van der Waals surface area contributed by atoms with E-state index in [9.17, 15) is 9.18 Å². The van der Waals surface area contributed by atoms with Crippen molar-refractivity contribution in [3.63, 3.8) is 0 Å². The maximum Gasteiger partial charge on any atom is 0.275 e. The van der Waals surface area contributed by atoms with E-state index in [1.807, 2.05) is 4.90 Å². The smallest absolute Gasteiger partial charge is 0.275 e. The molecule has 13 heteroatoms. The Hall–Kier alpha value is -3.87. The molecule has 0 bridgehead atoms. The van der Waals surface area contributed by atoms with Gasteiger partial charge in [0.1, 0.15) is 17.1 Å². The summed E-state index contributed by atoms with van der Waals surface area (Å²) in [5, 5.41) is 3.06. The van der Waals surface area contributed by atoms with E-state index in [1.54, 1.807) is 6.07 Å². The van der Waals surface area contributed by atoms with Crippen molar-refractivity contribution in [3.05, 3.63) is 65.9 Å². The molecule has 5 rings (SSSR count). The quantitative estimate of drug-likeness (QED) is 0.543. The van der Waals surface area contributed by atoms with Gasteiger partial charge in [0, 0.05) is 29.5 Å². The third-order valence-electron chi connectivity index (χ3n) is 5.94. The maximum atomic E-state index is 15.3. The highest BCUT2D eigenvalue weighted by atomic mass is 32.2. The molecule has 35 heavy (non-hydrogen) atoms. The Morgan fingerprint density at radius 2 is 2.00 bits per heavy atom. The molecule has 1 aromatic carbocycles. The van der Waals surface area contributed by atoms with E-state index in [-0.39, 0.29) is 29.6 Å². The van der Waals surface area contributed by atoms with Gasteiger partial charge < -0.3 is 20.7 Å². The molecule has 4 heterocycles. The number of thioether (sulfide) groups is 1. The van der Waals surface area contributed by atoms with Gasteiger partial charge in [-0.3, -0.25) is 4.79 Å². The molecule has 2 aromatic heterocycles. The first-order valence-electron chi connectivity index (χ1n) is 10.6. The molecule has 1 amide bonds. The number of carbonyl (C=O) groups is 1. The van der Waals surface area contributed by atoms with Crippen LogP contribution < -0.4 is 20.7 Å². The molecule has 10 nitrogen and oxygen atoms in total. The number of aromatic nitrogens is 4. The Morgan fingerprint density at radius 1 is 1.20 bits per heavy atom. The number of nitrogens with two attached hydrogens (primary N) is 1. The van der Waals surface area contributed by atoms with Gasteiger partial charge in [-0.2, -0.15) is 0 Å². The molecule has 1 saturated heterocycles. The van der Waals surface area contributed by atoms with Gasteiger partial charge in [0.2, 0.25) is 11.8 Å². The van der Waals surface area contributed by atoms with Crippen LogP contribution in [0.3, 0.4) is 0 Å². The summed E-state index contributed by atoms with van der Waals surface area (Å²) in [6.07, 6.45) is 4.79. The SMILES string of the molecule is COc1cnc(C(=O)Nc2ccc(F)c(C34CN(c5ncc(F)cn5)CC3CSC(N)=N4)c2)cn1. The van der Waals surface area contributed by atoms with Gasteiger partial charge in [-0.25, -0.2) is 33.7 Å². The number of nitrogens with zero attached hydrogens (tertiary/aromatic N) is 6. The number of nitrogens with one attached hydrogen (secondary N) is 1. The van der Waals surface area contributed by atoms with Gasteiger partial charge in [0.05, 0.1) is 38.4 Å². The second-order valence-corrected chi connectivity index (χ2v) is 9.10. The number of rotatable bonds is 5. The van der Waals surface area contributed by atoms with Crippen LogP contribution in [-0.2, 0) is 5.54 Å². The van der Waals surface area contributed by atoms with Gasteiger partial charge in [-0.1, -0.05) is 11.8 Å². The third kappa shape index (κ3) is 4.34. The molecule has 3 aromatic rings. The van der Waals surface area contributed by atoms with Crippen LogP contribution in [0.2, 0.25) is 0 Å². The van der Waals surface area contributed by atoms with E-state index in [1.165, 1.54) is 43.4 Å². The summed E-state index contributed by atoms with van der Waals surface area (Å²) in [6.45, 7) is 0.718. The number of aliphatic imine (C=N–C) groups is 1. The average Bonchev–Trinajstić information content (AvgIpc) is 3.25. The summed E-state index contributed by atoms with van der Waals surface area (Å²) in [7, 11) is 1.45. The van der Waals surface area contributed by atoms with Crippen LogP contribution in [0.1, 0.15) is 16.1 Å². The molecule has 0 spiro atoms. The Bertz CT molecular complexity index is 1290. The topological polar surface area (TPSA) is 132 Å². The number of benzene rings is 1. The van der Waals surface area contributed by atoms with Crippen molar-refractivity contribution in [2.24, 2.45) is 16.6 Å². The molecule has 0 radical (unpaired) electrons.